The molecule has 2 rings (SSSR count). The summed E-state index contributed by atoms with van der Waals surface area (Å²) in [6.07, 6.45) is 3.80. The molecule has 0 aliphatic carbocycles. The molecule has 0 radical (unpaired) electrons. The minimum atomic E-state index is -3.16. The quantitative estimate of drug-likeness (QED) is 0.218. The smallest absolute Gasteiger partial charge is 0.250 e. The lowest BCUT2D eigenvalue weighted by Gasteiger charge is -2.13. The number of nitrogens with zero attached hydrogens (tertiary/aromatic N) is 2. The van der Waals surface area contributed by atoms with Gasteiger partial charge in [-0.2, -0.15) is 0 Å². The van der Waals surface area contributed by atoms with Crippen molar-refractivity contribution in [3.63, 3.8) is 0 Å². The summed E-state index contributed by atoms with van der Waals surface area (Å²) in [7, 11) is -1.43. The average Bonchev–Trinajstić information content (AvgIpc) is 2.68. The number of hydrogen-bond acceptors (Lipinski definition) is 4. The maximum atomic E-state index is 11.8. The van der Waals surface area contributed by atoms with Crippen molar-refractivity contribution < 1.29 is 8.42 Å². The molecule has 1 heterocycles. The number of halogens is 1. The number of pyridine rings is 1. The summed E-state index contributed by atoms with van der Waals surface area (Å²) in [6.45, 7) is 4.11. The van der Waals surface area contributed by atoms with E-state index in [0.29, 0.717) is 18.0 Å². The van der Waals surface area contributed by atoms with Gasteiger partial charge < -0.3 is 15.2 Å². The van der Waals surface area contributed by atoms with E-state index in [1.807, 2.05) is 25.1 Å². The van der Waals surface area contributed by atoms with Gasteiger partial charge in [-0.25, -0.2) is 8.42 Å². The van der Waals surface area contributed by atoms with Crippen LogP contribution >= 0.6 is 24.0 Å². The number of guanidine groups is 1. The molecule has 9 heteroatoms. The minimum Gasteiger partial charge on any atom is -0.356 e. The van der Waals surface area contributed by atoms with Gasteiger partial charge in [0.2, 0.25) is 0 Å². The van der Waals surface area contributed by atoms with Gasteiger partial charge in [-0.05, 0) is 49.9 Å². The predicted octanol–water partition coefficient (Wildman–Crippen LogP) is 2.37. The van der Waals surface area contributed by atoms with Crippen LogP contribution in [0, 0.1) is 6.92 Å². The van der Waals surface area contributed by atoms with Crippen molar-refractivity contribution in [3.05, 3.63) is 64.1 Å². The molecule has 0 spiro atoms. The van der Waals surface area contributed by atoms with Crippen molar-refractivity contribution in [2.75, 3.05) is 26.4 Å². The lowest BCUT2D eigenvalue weighted by Crippen LogP contribution is -2.38. The van der Waals surface area contributed by atoms with Crippen LogP contribution in [0.15, 0.2) is 57.1 Å². The second-order valence-corrected chi connectivity index (χ2v) is 8.97. The second kappa shape index (κ2) is 12.7. The first kappa shape index (κ1) is 26.2. The van der Waals surface area contributed by atoms with Crippen molar-refractivity contribution in [2.24, 2.45) is 4.99 Å². The Kier molecular flexibility index (Phi) is 11.1. The zero-order chi connectivity index (χ0) is 21.3. The van der Waals surface area contributed by atoms with E-state index < -0.39 is 9.84 Å². The Hall–Kier alpha value is -1.88. The van der Waals surface area contributed by atoms with Gasteiger partial charge in [0.25, 0.3) is 5.56 Å². The van der Waals surface area contributed by atoms with Crippen molar-refractivity contribution >= 4 is 39.8 Å². The maximum Gasteiger partial charge on any atom is 0.250 e. The molecule has 0 aliphatic rings. The third kappa shape index (κ3) is 8.47. The molecular formula is C21H31IN4O3S. The molecule has 166 valence electrons. The molecule has 2 N–H and O–H groups in total. The third-order valence-corrected chi connectivity index (χ3v) is 5.78. The van der Waals surface area contributed by atoms with E-state index in [2.05, 4.69) is 15.6 Å². The summed E-state index contributed by atoms with van der Waals surface area (Å²) in [5, 5.41) is 6.53. The summed E-state index contributed by atoms with van der Waals surface area (Å²) in [5.74, 6) is 0.728. The van der Waals surface area contributed by atoms with Crippen LogP contribution in [0.2, 0.25) is 0 Å². The summed E-state index contributed by atoms with van der Waals surface area (Å²) in [6, 6.07) is 12.3. The minimum absolute atomic E-state index is 0. The van der Waals surface area contributed by atoms with Crippen LogP contribution in [0.1, 0.15) is 24.1 Å². The lowest BCUT2D eigenvalue weighted by molar-refractivity contribution is 0.575. The highest BCUT2D eigenvalue weighted by molar-refractivity contribution is 14.0. The Morgan fingerprint density at radius 3 is 2.30 bits per heavy atom. The number of unbranched alkanes of at least 4 members (excludes halogenated alkanes) is 1. The number of rotatable bonds is 9. The Labute approximate surface area is 195 Å². The average molecular weight is 546 g/mol. The van der Waals surface area contributed by atoms with Crippen molar-refractivity contribution in [2.45, 2.75) is 37.6 Å². The van der Waals surface area contributed by atoms with E-state index in [1.54, 1.807) is 35.9 Å². The Morgan fingerprint density at radius 2 is 1.70 bits per heavy atom. The number of benzene rings is 1. The molecule has 1 aromatic heterocycles. The molecule has 0 saturated carbocycles. The Morgan fingerprint density at radius 1 is 1.03 bits per heavy atom. The number of aryl methyl sites for hydroxylation is 1. The first-order chi connectivity index (χ1) is 13.8. The topological polar surface area (TPSA) is 92.6 Å². The molecule has 0 bridgehead atoms. The summed E-state index contributed by atoms with van der Waals surface area (Å²) in [5.41, 5.74) is 2.08. The molecule has 7 nitrogen and oxygen atoms in total. The standard InChI is InChI=1S/C21H30N4O3S.HI/c1-17-7-6-8-20(26)25(17)16-5-4-14-23-21(22-2)24-15-13-18-9-11-19(12-10-18)29(3,27)28;/h6-12H,4-5,13-16H2,1-3H3,(H2,22,23,24);1H. The monoisotopic (exact) mass is 546 g/mol. The van der Waals surface area contributed by atoms with Gasteiger partial charge in [0, 0.05) is 44.7 Å². The number of aliphatic imine (C=N–C) groups is 1. The molecular weight excluding hydrogens is 515 g/mol. The van der Waals surface area contributed by atoms with Crippen LogP contribution in [-0.4, -0.2) is 45.3 Å². The summed E-state index contributed by atoms with van der Waals surface area (Å²) < 4.78 is 24.8. The molecule has 1 aromatic carbocycles. The van der Waals surface area contributed by atoms with Crippen LogP contribution in [0.4, 0.5) is 0 Å². The predicted molar refractivity (Wildman–Crippen MR) is 133 cm³/mol. The number of sulfone groups is 1. The van der Waals surface area contributed by atoms with Gasteiger partial charge in [0.15, 0.2) is 15.8 Å². The highest BCUT2D eigenvalue weighted by Gasteiger charge is 2.06. The molecule has 0 amide bonds. The van der Waals surface area contributed by atoms with E-state index in [4.69, 9.17) is 0 Å². The van der Waals surface area contributed by atoms with Gasteiger partial charge >= 0.3 is 0 Å². The van der Waals surface area contributed by atoms with E-state index in [9.17, 15) is 13.2 Å². The molecule has 0 fully saturated rings. The first-order valence-corrected chi connectivity index (χ1v) is 11.6. The highest BCUT2D eigenvalue weighted by Crippen LogP contribution is 2.10. The fourth-order valence-corrected chi connectivity index (χ4v) is 3.59. The number of nitrogens with one attached hydrogen (secondary N) is 2. The number of aromatic nitrogens is 1. The van der Waals surface area contributed by atoms with Gasteiger partial charge in [-0.1, -0.05) is 18.2 Å². The molecule has 30 heavy (non-hydrogen) atoms. The zero-order valence-corrected chi connectivity index (χ0v) is 20.9. The van der Waals surface area contributed by atoms with Crippen LogP contribution in [0.3, 0.4) is 0 Å². The molecule has 2 aromatic rings. The summed E-state index contributed by atoms with van der Waals surface area (Å²) in [4.78, 5) is 16.4. The third-order valence-electron chi connectivity index (χ3n) is 4.65. The molecule has 0 atom stereocenters. The van der Waals surface area contributed by atoms with Crippen LogP contribution in [-0.2, 0) is 22.8 Å². The van der Waals surface area contributed by atoms with E-state index >= 15 is 0 Å². The fraction of sp³-hybridized carbons (Fsp3) is 0.429. The number of hydrogen-bond donors (Lipinski definition) is 2. The normalized spacial score (nSPS) is 11.6. The van der Waals surface area contributed by atoms with E-state index in [0.717, 1.165) is 43.0 Å². The highest BCUT2D eigenvalue weighted by atomic mass is 127. The van der Waals surface area contributed by atoms with Crippen LogP contribution in [0.25, 0.3) is 0 Å². The van der Waals surface area contributed by atoms with Crippen LogP contribution in [0.5, 0.6) is 0 Å². The van der Waals surface area contributed by atoms with E-state index in [-0.39, 0.29) is 29.5 Å². The van der Waals surface area contributed by atoms with Gasteiger partial charge in [0.05, 0.1) is 4.90 Å². The largest absolute Gasteiger partial charge is 0.356 e. The molecule has 0 aliphatic heterocycles. The lowest BCUT2D eigenvalue weighted by atomic mass is 10.1. The molecule has 0 saturated heterocycles. The zero-order valence-electron chi connectivity index (χ0n) is 17.7. The van der Waals surface area contributed by atoms with Crippen molar-refractivity contribution in [3.8, 4) is 0 Å². The Balaban J connectivity index is 0.00000450. The SMILES string of the molecule is CN=C(NCCCCn1c(C)cccc1=O)NCCc1ccc(S(C)(=O)=O)cc1.I. The van der Waals surface area contributed by atoms with Gasteiger partial charge in [0.1, 0.15) is 0 Å². The maximum absolute atomic E-state index is 11.8. The van der Waals surface area contributed by atoms with E-state index in [1.165, 1.54) is 6.26 Å². The van der Waals surface area contributed by atoms with Gasteiger partial charge in [-0.15, -0.1) is 24.0 Å². The van der Waals surface area contributed by atoms with Crippen molar-refractivity contribution in [1.82, 2.24) is 15.2 Å². The molecule has 0 unspecified atom stereocenters. The fourth-order valence-electron chi connectivity index (χ4n) is 2.96. The first-order valence-electron chi connectivity index (χ1n) is 9.71. The summed E-state index contributed by atoms with van der Waals surface area (Å²) >= 11 is 0. The van der Waals surface area contributed by atoms with Gasteiger partial charge in [-0.3, -0.25) is 9.79 Å². The van der Waals surface area contributed by atoms with Crippen molar-refractivity contribution in [1.29, 1.82) is 0 Å². The van der Waals surface area contributed by atoms with Crippen LogP contribution < -0.4 is 16.2 Å². The second-order valence-electron chi connectivity index (χ2n) is 6.96. The Bertz CT molecular complexity index is 986.